The first kappa shape index (κ1) is 15.0. The number of benzene rings is 1. The molecular formula is C13H14Br2N4O2. The Morgan fingerprint density at radius 2 is 2.19 bits per heavy atom. The normalized spacial score (nSPS) is 19.9. The Labute approximate surface area is 138 Å². The van der Waals surface area contributed by atoms with Gasteiger partial charge in [0.25, 0.3) is 5.89 Å². The Morgan fingerprint density at radius 3 is 2.95 bits per heavy atom. The molecule has 1 atom stereocenters. The lowest BCUT2D eigenvalue weighted by Crippen LogP contribution is -2.35. The van der Waals surface area contributed by atoms with E-state index in [9.17, 15) is 0 Å². The second-order valence-electron chi connectivity index (χ2n) is 4.93. The van der Waals surface area contributed by atoms with E-state index in [1.165, 1.54) is 0 Å². The number of nitrogens with zero attached hydrogens (tertiary/aromatic N) is 3. The van der Waals surface area contributed by atoms with E-state index in [-0.39, 0.29) is 6.10 Å². The van der Waals surface area contributed by atoms with E-state index in [1.807, 2.05) is 19.2 Å². The van der Waals surface area contributed by atoms with Crippen LogP contribution in [0.15, 0.2) is 25.6 Å². The minimum absolute atomic E-state index is 0.168. The van der Waals surface area contributed by atoms with Gasteiger partial charge in [-0.2, -0.15) is 4.98 Å². The monoisotopic (exact) mass is 416 g/mol. The third-order valence-electron chi connectivity index (χ3n) is 3.32. The quantitative estimate of drug-likeness (QED) is 0.757. The molecule has 1 aromatic carbocycles. The minimum atomic E-state index is -0.168. The Kier molecular flexibility index (Phi) is 4.30. The highest BCUT2D eigenvalue weighted by Crippen LogP contribution is 2.35. The average molecular weight is 418 g/mol. The van der Waals surface area contributed by atoms with Gasteiger partial charge in [-0.25, -0.2) is 0 Å². The van der Waals surface area contributed by atoms with Crippen LogP contribution in [0.3, 0.4) is 0 Å². The van der Waals surface area contributed by atoms with Gasteiger partial charge in [-0.3, -0.25) is 0 Å². The fraction of sp³-hybridized carbons (Fsp3) is 0.385. The van der Waals surface area contributed by atoms with Crippen LogP contribution in [0.1, 0.15) is 11.9 Å². The standard InChI is InChI=1S/C13H14Br2N4O2/c1-19-2-3-20-10(6-19)12-17-13(21-18-12)8-4-7(14)5-9(15)11(8)16/h4-5,10H,2-3,6,16H2,1H3. The van der Waals surface area contributed by atoms with Gasteiger partial charge in [0.05, 0.1) is 17.9 Å². The third-order valence-corrected chi connectivity index (χ3v) is 4.44. The van der Waals surface area contributed by atoms with Crippen LogP contribution in [-0.4, -0.2) is 41.8 Å². The molecular weight excluding hydrogens is 404 g/mol. The van der Waals surface area contributed by atoms with E-state index in [2.05, 4.69) is 46.9 Å². The van der Waals surface area contributed by atoms with Crippen LogP contribution in [0.25, 0.3) is 11.5 Å². The van der Waals surface area contributed by atoms with Crippen LogP contribution in [0.2, 0.25) is 0 Å². The third kappa shape index (κ3) is 3.13. The largest absolute Gasteiger partial charge is 0.397 e. The summed E-state index contributed by atoms with van der Waals surface area (Å²) in [5.41, 5.74) is 7.32. The summed E-state index contributed by atoms with van der Waals surface area (Å²) in [6.45, 7) is 2.32. The summed E-state index contributed by atoms with van der Waals surface area (Å²) in [4.78, 5) is 6.61. The molecule has 1 aliphatic heterocycles. The predicted molar refractivity (Wildman–Crippen MR) is 85.7 cm³/mol. The summed E-state index contributed by atoms with van der Waals surface area (Å²) < 4.78 is 12.7. The molecule has 2 aromatic rings. The second-order valence-corrected chi connectivity index (χ2v) is 6.70. The molecule has 6 nitrogen and oxygen atoms in total. The number of aromatic nitrogens is 2. The molecule has 0 amide bonds. The van der Waals surface area contributed by atoms with Gasteiger partial charge in [0.15, 0.2) is 0 Å². The summed E-state index contributed by atoms with van der Waals surface area (Å²) >= 11 is 6.84. The van der Waals surface area contributed by atoms with Gasteiger partial charge in [-0.05, 0) is 35.1 Å². The number of nitrogen functional groups attached to an aromatic ring is 1. The maximum atomic E-state index is 6.06. The van der Waals surface area contributed by atoms with Crippen LogP contribution < -0.4 is 5.73 Å². The van der Waals surface area contributed by atoms with E-state index >= 15 is 0 Å². The summed E-state index contributed by atoms with van der Waals surface area (Å²) in [5, 5.41) is 4.03. The number of rotatable bonds is 2. The maximum Gasteiger partial charge on any atom is 0.260 e. The van der Waals surface area contributed by atoms with Crippen LogP contribution in [0, 0.1) is 0 Å². The lowest BCUT2D eigenvalue weighted by molar-refractivity contribution is -0.0264. The molecule has 0 radical (unpaired) electrons. The summed E-state index contributed by atoms with van der Waals surface area (Å²) in [7, 11) is 2.04. The highest BCUT2D eigenvalue weighted by atomic mass is 79.9. The molecule has 0 spiro atoms. The predicted octanol–water partition coefficient (Wildman–Crippen LogP) is 2.85. The lowest BCUT2D eigenvalue weighted by Gasteiger charge is -2.27. The lowest BCUT2D eigenvalue weighted by atomic mass is 10.2. The van der Waals surface area contributed by atoms with E-state index < -0.39 is 0 Å². The first-order valence-corrected chi connectivity index (χ1v) is 8.02. The van der Waals surface area contributed by atoms with Crippen molar-refractivity contribution in [2.45, 2.75) is 6.10 Å². The molecule has 2 N–H and O–H groups in total. The number of morpholine rings is 1. The minimum Gasteiger partial charge on any atom is -0.397 e. The molecule has 1 aromatic heterocycles. The fourth-order valence-electron chi connectivity index (χ4n) is 2.17. The van der Waals surface area contributed by atoms with Crippen LogP contribution >= 0.6 is 31.9 Å². The smallest absolute Gasteiger partial charge is 0.260 e. The molecule has 0 saturated carbocycles. The molecule has 1 unspecified atom stereocenters. The topological polar surface area (TPSA) is 77.4 Å². The van der Waals surface area contributed by atoms with E-state index in [0.29, 0.717) is 29.6 Å². The van der Waals surface area contributed by atoms with E-state index in [0.717, 1.165) is 22.0 Å². The summed E-state index contributed by atoms with van der Waals surface area (Å²) in [6.07, 6.45) is -0.168. The maximum absolute atomic E-state index is 6.06. The van der Waals surface area contributed by atoms with Crippen molar-refractivity contribution >= 4 is 37.5 Å². The van der Waals surface area contributed by atoms with Crippen molar-refractivity contribution in [3.05, 3.63) is 26.9 Å². The van der Waals surface area contributed by atoms with Crippen molar-refractivity contribution in [3.63, 3.8) is 0 Å². The highest BCUT2D eigenvalue weighted by Gasteiger charge is 2.25. The SMILES string of the molecule is CN1CCOC(c2noc(-c3cc(Br)cc(Br)c3N)n2)C1. The van der Waals surface area contributed by atoms with Crippen molar-refractivity contribution in [1.29, 1.82) is 0 Å². The first-order valence-electron chi connectivity index (χ1n) is 6.43. The number of hydrogen-bond acceptors (Lipinski definition) is 6. The fourth-order valence-corrected chi connectivity index (χ4v) is 3.40. The number of ether oxygens (including phenoxy) is 1. The van der Waals surface area contributed by atoms with Crippen molar-refractivity contribution in [2.75, 3.05) is 32.5 Å². The van der Waals surface area contributed by atoms with Gasteiger partial charge < -0.3 is 19.9 Å². The summed E-state index contributed by atoms with van der Waals surface area (Å²) in [6, 6.07) is 3.72. The molecule has 1 fully saturated rings. The average Bonchev–Trinajstić information content (AvgIpc) is 2.92. The molecule has 0 bridgehead atoms. The van der Waals surface area contributed by atoms with Gasteiger partial charge in [0.1, 0.15) is 6.10 Å². The van der Waals surface area contributed by atoms with Gasteiger partial charge in [-0.1, -0.05) is 21.1 Å². The zero-order chi connectivity index (χ0) is 15.0. The van der Waals surface area contributed by atoms with E-state index in [1.54, 1.807) is 0 Å². The van der Waals surface area contributed by atoms with Crippen molar-refractivity contribution in [3.8, 4) is 11.5 Å². The second kappa shape index (κ2) is 6.04. The van der Waals surface area contributed by atoms with E-state index in [4.69, 9.17) is 15.0 Å². The van der Waals surface area contributed by atoms with Gasteiger partial charge in [0.2, 0.25) is 5.82 Å². The number of halogens is 2. The van der Waals surface area contributed by atoms with Crippen molar-refractivity contribution in [2.24, 2.45) is 0 Å². The van der Waals surface area contributed by atoms with Crippen molar-refractivity contribution in [1.82, 2.24) is 15.0 Å². The van der Waals surface area contributed by atoms with Gasteiger partial charge in [0, 0.05) is 22.0 Å². The zero-order valence-corrected chi connectivity index (χ0v) is 14.5. The zero-order valence-electron chi connectivity index (χ0n) is 11.3. The van der Waals surface area contributed by atoms with Gasteiger partial charge in [-0.15, -0.1) is 0 Å². The molecule has 8 heteroatoms. The van der Waals surface area contributed by atoms with Crippen LogP contribution in [-0.2, 0) is 4.74 Å². The molecule has 0 aliphatic carbocycles. The number of nitrogens with two attached hydrogens (primary N) is 1. The molecule has 1 saturated heterocycles. The van der Waals surface area contributed by atoms with Gasteiger partial charge >= 0.3 is 0 Å². The van der Waals surface area contributed by atoms with Crippen LogP contribution in [0.5, 0.6) is 0 Å². The Balaban J connectivity index is 1.91. The molecule has 2 heterocycles. The van der Waals surface area contributed by atoms with Crippen LogP contribution in [0.4, 0.5) is 5.69 Å². The Morgan fingerprint density at radius 1 is 1.38 bits per heavy atom. The Bertz CT molecular complexity index is 662. The molecule has 1 aliphatic rings. The first-order chi connectivity index (χ1) is 10.0. The molecule has 112 valence electrons. The highest BCUT2D eigenvalue weighted by molar-refractivity contribution is 9.11. The summed E-state index contributed by atoms with van der Waals surface area (Å²) in [5.74, 6) is 0.938. The molecule has 3 rings (SSSR count). The number of likely N-dealkylation sites (N-methyl/N-ethyl adjacent to an activating group) is 1. The molecule has 21 heavy (non-hydrogen) atoms. The van der Waals surface area contributed by atoms with Crippen molar-refractivity contribution < 1.29 is 9.26 Å². The Hall–Kier alpha value is -0.960. The number of anilines is 1. The number of hydrogen-bond donors (Lipinski definition) is 1.